The van der Waals surface area contributed by atoms with Gasteiger partial charge in [-0.15, -0.1) is 5.10 Å². The van der Waals surface area contributed by atoms with Crippen molar-refractivity contribution in [2.75, 3.05) is 12.4 Å². The molecule has 1 aromatic carbocycles. The first kappa shape index (κ1) is 13.3. The lowest BCUT2D eigenvalue weighted by Gasteiger charge is -2.08. The Morgan fingerprint density at radius 1 is 1.19 bits per heavy atom. The molecule has 0 spiro atoms. The zero-order chi connectivity index (χ0) is 15.0. The van der Waals surface area contributed by atoms with Crippen LogP contribution in [0, 0.1) is 0 Å². The molecule has 0 saturated carbocycles. The van der Waals surface area contributed by atoms with Crippen molar-refractivity contribution in [3.63, 3.8) is 0 Å². The molecule has 0 aliphatic heterocycles. The minimum absolute atomic E-state index is 0.299. The molecule has 0 unspecified atom stereocenters. The molecule has 0 saturated heterocycles. The number of benzene rings is 1. The Morgan fingerprint density at radius 3 is 2.71 bits per heavy atom. The van der Waals surface area contributed by atoms with E-state index in [1.807, 2.05) is 0 Å². The Morgan fingerprint density at radius 2 is 2.00 bits per heavy atom. The van der Waals surface area contributed by atoms with Crippen LogP contribution >= 0.6 is 0 Å². The summed E-state index contributed by atoms with van der Waals surface area (Å²) < 4.78 is 39.8. The lowest BCUT2D eigenvalue weighted by Crippen LogP contribution is -2.05. The van der Waals surface area contributed by atoms with E-state index in [-0.39, 0.29) is 0 Å². The smallest absolute Gasteiger partial charge is 0.356 e. The molecule has 0 aliphatic rings. The van der Waals surface area contributed by atoms with Crippen LogP contribution in [0.3, 0.4) is 0 Å². The number of anilines is 1. The molecule has 21 heavy (non-hydrogen) atoms. The maximum absolute atomic E-state index is 12.8. The Balaban J connectivity index is 2.18. The van der Waals surface area contributed by atoms with E-state index in [4.69, 9.17) is 0 Å². The first-order chi connectivity index (χ1) is 9.99. The van der Waals surface area contributed by atoms with Gasteiger partial charge in [-0.1, -0.05) is 12.1 Å². The monoisotopic (exact) mass is 293 g/mol. The second-order valence-electron chi connectivity index (χ2n) is 4.30. The zero-order valence-corrected chi connectivity index (χ0v) is 10.9. The minimum Gasteiger partial charge on any atom is -0.356 e. The molecule has 5 nitrogen and oxygen atoms in total. The van der Waals surface area contributed by atoms with E-state index in [0.29, 0.717) is 23.0 Å². The SMILES string of the molecule is CNc1nc2ccnc(-c3cccc(C(F)(F)F)c3)n2n1. The Labute approximate surface area is 117 Å². The van der Waals surface area contributed by atoms with Crippen molar-refractivity contribution >= 4 is 11.6 Å². The molecule has 2 heterocycles. The van der Waals surface area contributed by atoms with Gasteiger partial charge < -0.3 is 5.32 Å². The van der Waals surface area contributed by atoms with Crippen molar-refractivity contribution in [3.8, 4) is 11.4 Å². The van der Waals surface area contributed by atoms with Gasteiger partial charge in [0, 0.05) is 24.9 Å². The Hall–Kier alpha value is -2.64. The van der Waals surface area contributed by atoms with Crippen molar-refractivity contribution in [1.82, 2.24) is 19.6 Å². The van der Waals surface area contributed by atoms with Gasteiger partial charge in [-0.2, -0.15) is 22.7 Å². The molecule has 3 aromatic rings. The van der Waals surface area contributed by atoms with Crippen molar-refractivity contribution in [2.45, 2.75) is 6.18 Å². The van der Waals surface area contributed by atoms with Gasteiger partial charge in [0.15, 0.2) is 11.5 Å². The Bertz CT molecular complexity index is 794. The molecule has 2 aromatic heterocycles. The van der Waals surface area contributed by atoms with Gasteiger partial charge in [0.05, 0.1) is 5.56 Å². The molecule has 0 atom stereocenters. The molecule has 0 bridgehead atoms. The second kappa shape index (κ2) is 4.72. The largest absolute Gasteiger partial charge is 0.416 e. The summed E-state index contributed by atoms with van der Waals surface area (Å²) >= 11 is 0. The highest BCUT2D eigenvalue weighted by atomic mass is 19.4. The van der Waals surface area contributed by atoms with Gasteiger partial charge in [0.1, 0.15) is 0 Å². The number of alkyl halides is 3. The molecule has 3 rings (SSSR count). The second-order valence-corrected chi connectivity index (χ2v) is 4.30. The predicted octanol–water partition coefficient (Wildman–Crippen LogP) is 2.85. The summed E-state index contributed by atoms with van der Waals surface area (Å²) in [7, 11) is 1.66. The van der Waals surface area contributed by atoms with Gasteiger partial charge >= 0.3 is 6.18 Å². The highest BCUT2D eigenvalue weighted by molar-refractivity contribution is 5.60. The third-order valence-corrected chi connectivity index (χ3v) is 2.92. The van der Waals surface area contributed by atoms with Gasteiger partial charge in [-0.25, -0.2) is 4.98 Å². The average Bonchev–Trinajstić information content (AvgIpc) is 2.89. The van der Waals surface area contributed by atoms with Crippen LogP contribution in [0.2, 0.25) is 0 Å². The summed E-state index contributed by atoms with van der Waals surface area (Å²) in [6.07, 6.45) is -2.92. The van der Waals surface area contributed by atoms with Crippen LogP contribution < -0.4 is 5.32 Å². The number of fused-ring (bicyclic) bond motifs is 1. The predicted molar refractivity (Wildman–Crippen MR) is 70.8 cm³/mol. The third kappa shape index (κ3) is 2.39. The molecule has 1 N–H and O–H groups in total. The van der Waals surface area contributed by atoms with E-state index < -0.39 is 11.7 Å². The highest BCUT2D eigenvalue weighted by Gasteiger charge is 2.30. The number of halogens is 3. The number of nitrogens with zero attached hydrogens (tertiary/aromatic N) is 4. The fraction of sp³-hybridized carbons (Fsp3) is 0.154. The van der Waals surface area contributed by atoms with Crippen LogP contribution in [0.4, 0.5) is 19.1 Å². The summed E-state index contributed by atoms with van der Waals surface area (Å²) in [6.45, 7) is 0. The van der Waals surface area contributed by atoms with Crippen LogP contribution in [-0.2, 0) is 6.18 Å². The molecule has 0 radical (unpaired) electrons. The summed E-state index contributed by atoms with van der Waals surface area (Å²) in [6, 6.07) is 6.59. The van der Waals surface area contributed by atoms with E-state index in [9.17, 15) is 13.2 Å². The first-order valence-corrected chi connectivity index (χ1v) is 6.06. The standard InChI is InChI=1S/C13H10F3N5/c1-17-12-19-10-5-6-18-11(21(10)20-12)8-3-2-4-9(7-8)13(14,15)16/h2-7H,1H3,(H,17,20). The lowest BCUT2D eigenvalue weighted by molar-refractivity contribution is -0.137. The first-order valence-electron chi connectivity index (χ1n) is 6.06. The van der Waals surface area contributed by atoms with E-state index in [2.05, 4.69) is 20.4 Å². The molecule has 0 amide bonds. The third-order valence-electron chi connectivity index (χ3n) is 2.92. The molecule has 8 heteroatoms. The van der Waals surface area contributed by atoms with Gasteiger partial charge in [-0.3, -0.25) is 0 Å². The van der Waals surface area contributed by atoms with Crippen molar-refractivity contribution in [2.24, 2.45) is 0 Å². The highest BCUT2D eigenvalue weighted by Crippen LogP contribution is 2.31. The maximum atomic E-state index is 12.8. The number of nitrogens with one attached hydrogen (secondary N) is 1. The normalized spacial score (nSPS) is 11.8. The van der Waals surface area contributed by atoms with E-state index in [0.717, 1.165) is 12.1 Å². The Kier molecular flexibility index (Phi) is 3.00. The summed E-state index contributed by atoms with van der Waals surface area (Å²) in [5.41, 5.74) is 0.0949. The van der Waals surface area contributed by atoms with Gasteiger partial charge in [0.2, 0.25) is 5.95 Å². The fourth-order valence-corrected chi connectivity index (χ4v) is 1.95. The summed E-state index contributed by atoms with van der Waals surface area (Å²) in [5, 5.41) is 6.93. The lowest BCUT2D eigenvalue weighted by atomic mass is 10.1. The molecule has 0 aliphatic carbocycles. The number of aromatic nitrogens is 4. The molecule has 108 valence electrons. The zero-order valence-electron chi connectivity index (χ0n) is 10.9. The minimum atomic E-state index is -4.40. The quantitative estimate of drug-likeness (QED) is 0.789. The fourth-order valence-electron chi connectivity index (χ4n) is 1.95. The van der Waals surface area contributed by atoms with Crippen LogP contribution in [-0.4, -0.2) is 26.6 Å². The van der Waals surface area contributed by atoms with Crippen LogP contribution in [0.25, 0.3) is 17.0 Å². The van der Waals surface area contributed by atoms with Crippen molar-refractivity contribution in [3.05, 3.63) is 42.1 Å². The summed E-state index contributed by atoms with van der Waals surface area (Å²) in [5.74, 6) is 0.670. The topological polar surface area (TPSA) is 55.1 Å². The van der Waals surface area contributed by atoms with E-state index in [1.54, 1.807) is 19.2 Å². The molecular weight excluding hydrogens is 283 g/mol. The van der Waals surface area contributed by atoms with E-state index >= 15 is 0 Å². The van der Waals surface area contributed by atoms with Crippen LogP contribution in [0.5, 0.6) is 0 Å². The van der Waals surface area contributed by atoms with Gasteiger partial charge in [-0.05, 0) is 12.1 Å². The number of hydrogen-bond acceptors (Lipinski definition) is 4. The number of rotatable bonds is 2. The molecular formula is C13H10F3N5. The number of hydrogen-bond donors (Lipinski definition) is 1. The van der Waals surface area contributed by atoms with Crippen LogP contribution in [0.1, 0.15) is 5.56 Å². The van der Waals surface area contributed by atoms with E-state index in [1.165, 1.54) is 16.8 Å². The summed E-state index contributed by atoms with van der Waals surface area (Å²) in [4.78, 5) is 8.28. The van der Waals surface area contributed by atoms with Crippen LogP contribution in [0.15, 0.2) is 36.5 Å². The maximum Gasteiger partial charge on any atom is 0.416 e. The van der Waals surface area contributed by atoms with Crippen molar-refractivity contribution in [1.29, 1.82) is 0 Å². The van der Waals surface area contributed by atoms with Crippen molar-refractivity contribution < 1.29 is 13.2 Å². The molecule has 0 fully saturated rings. The average molecular weight is 293 g/mol. The van der Waals surface area contributed by atoms with Gasteiger partial charge in [0.25, 0.3) is 0 Å².